The van der Waals surface area contributed by atoms with Crippen LogP contribution in [0, 0.1) is 11.3 Å². The lowest BCUT2D eigenvalue weighted by atomic mass is 10.6. The van der Waals surface area contributed by atoms with Crippen molar-refractivity contribution in [2.75, 3.05) is 32.6 Å². The molecule has 0 unspecified atom stereocenters. The van der Waals surface area contributed by atoms with Crippen molar-refractivity contribution in [2.45, 2.75) is 0 Å². The summed E-state index contributed by atoms with van der Waals surface area (Å²) in [5, 5.41) is 8.43. The van der Waals surface area contributed by atoms with Gasteiger partial charge in [-0.3, -0.25) is 4.90 Å². The second kappa shape index (κ2) is 4.65. The lowest BCUT2D eigenvalue weighted by Crippen LogP contribution is -2.35. The fourth-order valence-electron chi connectivity index (χ4n) is 1.02. The molecule has 0 atom stereocenters. The molecule has 0 N–H and O–H groups in total. The summed E-state index contributed by atoms with van der Waals surface area (Å²) in [5.41, 5.74) is 0. The summed E-state index contributed by atoms with van der Waals surface area (Å²) in [7, 11) is 1.93. The fourth-order valence-corrected chi connectivity index (χ4v) is 2.23. The minimum Gasteiger partial charge on any atom is -0.344 e. The highest BCUT2D eigenvalue weighted by Crippen LogP contribution is 2.17. The van der Waals surface area contributed by atoms with Crippen molar-refractivity contribution in [3.05, 3.63) is 0 Å². The van der Waals surface area contributed by atoms with Crippen molar-refractivity contribution < 1.29 is 0 Å². The molecule has 0 bridgehead atoms. The summed E-state index contributed by atoms with van der Waals surface area (Å²) in [6, 6.07) is 2.11. The van der Waals surface area contributed by atoms with Crippen molar-refractivity contribution in [1.29, 1.82) is 5.26 Å². The van der Waals surface area contributed by atoms with Gasteiger partial charge in [0.15, 0.2) is 0 Å². The predicted octanol–water partition coefficient (Wildman–Crippen LogP) is 0.733. The van der Waals surface area contributed by atoms with Crippen LogP contribution in [-0.4, -0.2) is 46.7 Å². The molecule has 0 amide bonds. The Balaban J connectivity index is 2.31. The zero-order chi connectivity index (χ0) is 8.97. The highest BCUT2D eigenvalue weighted by molar-refractivity contribution is 8.23. The Bertz CT molecular complexity index is 211. The standard InChI is InChI=1S/C7H11N3S2/c1-9(3-2-8)6-10-4-5-12-7(10)11/h3-6H2,1H3. The molecule has 1 fully saturated rings. The molecule has 5 heteroatoms. The second-order valence-corrected chi connectivity index (χ2v) is 4.42. The van der Waals surface area contributed by atoms with Crippen LogP contribution in [0.25, 0.3) is 0 Å². The van der Waals surface area contributed by atoms with Crippen LogP contribution in [0.3, 0.4) is 0 Å². The molecule has 1 rings (SSSR count). The van der Waals surface area contributed by atoms with Crippen LogP contribution >= 0.6 is 24.0 Å². The third kappa shape index (κ3) is 2.63. The third-order valence-corrected chi connectivity index (χ3v) is 3.10. The normalized spacial score (nSPS) is 17.1. The summed E-state index contributed by atoms with van der Waals surface area (Å²) in [6.45, 7) is 2.25. The number of rotatable bonds is 3. The zero-order valence-electron chi connectivity index (χ0n) is 6.99. The highest BCUT2D eigenvalue weighted by atomic mass is 32.2. The van der Waals surface area contributed by atoms with E-state index >= 15 is 0 Å². The third-order valence-electron chi connectivity index (χ3n) is 1.60. The molecular formula is C7H11N3S2. The summed E-state index contributed by atoms with van der Waals surface area (Å²) in [4.78, 5) is 4.08. The first-order valence-corrected chi connectivity index (χ1v) is 5.10. The Labute approximate surface area is 82.3 Å². The molecule has 1 heterocycles. The van der Waals surface area contributed by atoms with E-state index in [2.05, 4.69) is 11.0 Å². The van der Waals surface area contributed by atoms with E-state index in [0.29, 0.717) is 6.54 Å². The topological polar surface area (TPSA) is 30.3 Å². The van der Waals surface area contributed by atoms with Crippen molar-refractivity contribution in [1.82, 2.24) is 9.80 Å². The van der Waals surface area contributed by atoms with E-state index in [-0.39, 0.29) is 0 Å². The van der Waals surface area contributed by atoms with Crippen molar-refractivity contribution in [2.24, 2.45) is 0 Å². The van der Waals surface area contributed by atoms with Gasteiger partial charge in [0, 0.05) is 12.3 Å². The number of nitrogens with zero attached hydrogens (tertiary/aromatic N) is 3. The predicted molar refractivity (Wildman–Crippen MR) is 54.9 cm³/mol. The van der Waals surface area contributed by atoms with Crippen LogP contribution < -0.4 is 0 Å². The van der Waals surface area contributed by atoms with Gasteiger partial charge in [-0.2, -0.15) is 5.26 Å². The van der Waals surface area contributed by atoms with Gasteiger partial charge >= 0.3 is 0 Å². The average Bonchev–Trinajstić information content (AvgIpc) is 2.37. The van der Waals surface area contributed by atoms with Gasteiger partial charge in [0.2, 0.25) is 0 Å². The Hall–Kier alpha value is -0.310. The molecule has 0 aromatic rings. The van der Waals surface area contributed by atoms with Crippen LogP contribution in [-0.2, 0) is 0 Å². The van der Waals surface area contributed by atoms with E-state index in [1.807, 2.05) is 11.9 Å². The van der Waals surface area contributed by atoms with E-state index in [1.54, 1.807) is 11.8 Å². The maximum Gasteiger partial charge on any atom is 0.137 e. The van der Waals surface area contributed by atoms with Crippen LogP contribution in [0.4, 0.5) is 0 Å². The van der Waals surface area contributed by atoms with E-state index < -0.39 is 0 Å². The SMILES string of the molecule is CN(CC#N)CN1CCSC1=S. The summed E-state index contributed by atoms with van der Waals surface area (Å²) >= 11 is 6.84. The fraction of sp³-hybridized carbons (Fsp3) is 0.714. The van der Waals surface area contributed by atoms with Crippen molar-refractivity contribution in [3.8, 4) is 6.07 Å². The molecule has 0 spiro atoms. The Morgan fingerprint density at radius 2 is 2.58 bits per heavy atom. The molecule has 0 aromatic heterocycles. The van der Waals surface area contributed by atoms with Gasteiger partial charge in [-0.1, -0.05) is 24.0 Å². The van der Waals surface area contributed by atoms with Gasteiger partial charge in [-0.25, -0.2) is 0 Å². The van der Waals surface area contributed by atoms with E-state index in [1.165, 1.54) is 0 Å². The molecule has 0 aliphatic carbocycles. The van der Waals surface area contributed by atoms with E-state index in [4.69, 9.17) is 17.5 Å². The van der Waals surface area contributed by atoms with Gasteiger partial charge in [-0.05, 0) is 7.05 Å². The first-order chi connectivity index (χ1) is 5.74. The van der Waals surface area contributed by atoms with E-state index in [0.717, 1.165) is 23.3 Å². The number of hydrogen-bond acceptors (Lipinski definition) is 4. The van der Waals surface area contributed by atoms with Gasteiger partial charge in [-0.15, -0.1) is 0 Å². The summed E-state index contributed by atoms with van der Waals surface area (Å²) in [5.74, 6) is 1.08. The molecular weight excluding hydrogens is 190 g/mol. The molecule has 12 heavy (non-hydrogen) atoms. The van der Waals surface area contributed by atoms with Crippen LogP contribution in [0.1, 0.15) is 0 Å². The lowest BCUT2D eigenvalue weighted by molar-refractivity contribution is 0.258. The molecule has 1 aliphatic heterocycles. The molecule has 0 saturated carbocycles. The molecule has 66 valence electrons. The van der Waals surface area contributed by atoms with Gasteiger partial charge in [0.05, 0.1) is 19.3 Å². The monoisotopic (exact) mass is 201 g/mol. The zero-order valence-corrected chi connectivity index (χ0v) is 8.62. The number of thiocarbonyl (C=S) groups is 1. The quantitative estimate of drug-likeness (QED) is 0.496. The molecule has 0 aromatic carbocycles. The number of thioether (sulfide) groups is 1. The minimum atomic E-state index is 0.462. The smallest absolute Gasteiger partial charge is 0.137 e. The van der Waals surface area contributed by atoms with Crippen LogP contribution in [0.5, 0.6) is 0 Å². The summed E-state index contributed by atoms with van der Waals surface area (Å²) < 4.78 is 0.958. The Morgan fingerprint density at radius 1 is 1.83 bits per heavy atom. The number of hydrogen-bond donors (Lipinski definition) is 0. The maximum atomic E-state index is 8.43. The highest BCUT2D eigenvalue weighted by Gasteiger charge is 2.17. The second-order valence-electron chi connectivity index (χ2n) is 2.69. The number of nitriles is 1. The van der Waals surface area contributed by atoms with E-state index in [9.17, 15) is 0 Å². The van der Waals surface area contributed by atoms with Gasteiger partial charge < -0.3 is 4.90 Å². The molecule has 0 radical (unpaired) electrons. The average molecular weight is 201 g/mol. The minimum absolute atomic E-state index is 0.462. The Kier molecular flexibility index (Phi) is 3.79. The van der Waals surface area contributed by atoms with Crippen molar-refractivity contribution in [3.63, 3.8) is 0 Å². The van der Waals surface area contributed by atoms with Crippen molar-refractivity contribution >= 4 is 28.3 Å². The Morgan fingerprint density at radius 3 is 3.08 bits per heavy atom. The largest absolute Gasteiger partial charge is 0.344 e. The van der Waals surface area contributed by atoms with Gasteiger partial charge in [0.25, 0.3) is 0 Å². The molecule has 3 nitrogen and oxygen atoms in total. The lowest BCUT2D eigenvalue weighted by Gasteiger charge is -2.22. The van der Waals surface area contributed by atoms with Gasteiger partial charge in [0.1, 0.15) is 4.32 Å². The molecule has 1 aliphatic rings. The summed E-state index contributed by atoms with van der Waals surface area (Å²) in [6.07, 6.45) is 0. The first kappa shape index (κ1) is 9.78. The first-order valence-electron chi connectivity index (χ1n) is 3.71. The van der Waals surface area contributed by atoms with Crippen LogP contribution in [0.2, 0.25) is 0 Å². The van der Waals surface area contributed by atoms with Crippen LogP contribution in [0.15, 0.2) is 0 Å². The molecule has 1 saturated heterocycles. The maximum absolute atomic E-state index is 8.43.